The van der Waals surface area contributed by atoms with Gasteiger partial charge in [0.25, 0.3) is 0 Å². The van der Waals surface area contributed by atoms with Gasteiger partial charge in [0.1, 0.15) is 0 Å². The first-order chi connectivity index (χ1) is 10.7. The van der Waals surface area contributed by atoms with Crippen LogP contribution in [0.2, 0.25) is 0 Å². The maximum Gasteiger partial charge on any atom is 0.335 e. The first-order valence-corrected chi connectivity index (χ1v) is 7.82. The minimum Gasteiger partial charge on any atom is -0.478 e. The van der Waals surface area contributed by atoms with Crippen LogP contribution in [0.25, 0.3) is 0 Å². The molecule has 0 radical (unpaired) electrons. The number of rotatable bonds is 5. The fourth-order valence-corrected chi connectivity index (χ4v) is 3.45. The molecule has 7 heteroatoms. The van der Waals surface area contributed by atoms with Crippen LogP contribution in [0.1, 0.15) is 34.9 Å². The maximum absolute atomic E-state index is 10.9. The molecule has 6 nitrogen and oxygen atoms in total. The highest BCUT2D eigenvalue weighted by molar-refractivity contribution is 7.13. The van der Waals surface area contributed by atoms with Crippen LogP contribution in [0.15, 0.2) is 29.6 Å². The van der Waals surface area contributed by atoms with Crippen molar-refractivity contribution in [2.45, 2.75) is 18.9 Å². The van der Waals surface area contributed by atoms with E-state index in [9.17, 15) is 9.59 Å². The Labute approximate surface area is 131 Å². The van der Waals surface area contributed by atoms with Gasteiger partial charge in [-0.15, -0.1) is 11.3 Å². The average Bonchev–Trinajstić information content (AvgIpc) is 3.16. The number of aromatic carboxylic acids is 1. The van der Waals surface area contributed by atoms with E-state index in [1.165, 1.54) is 11.3 Å². The zero-order valence-corrected chi connectivity index (χ0v) is 12.5. The Kier molecular flexibility index (Phi) is 4.06. The highest BCUT2D eigenvalue weighted by Crippen LogP contribution is 2.37. The fraction of sp³-hybridized carbons (Fsp3) is 0.267. The minimum atomic E-state index is -0.923. The molecule has 1 aromatic carbocycles. The van der Waals surface area contributed by atoms with Gasteiger partial charge in [-0.2, -0.15) is 0 Å². The van der Waals surface area contributed by atoms with E-state index in [0.29, 0.717) is 11.5 Å². The molecular formula is C15H15N3O3S. The second-order valence-corrected chi connectivity index (χ2v) is 5.90. The largest absolute Gasteiger partial charge is 0.478 e. The van der Waals surface area contributed by atoms with Gasteiger partial charge in [0, 0.05) is 17.6 Å². The van der Waals surface area contributed by atoms with Crippen molar-refractivity contribution >= 4 is 34.5 Å². The third kappa shape index (κ3) is 2.80. The van der Waals surface area contributed by atoms with Crippen LogP contribution in [0.4, 0.5) is 10.8 Å². The summed E-state index contributed by atoms with van der Waals surface area (Å²) in [7, 11) is 0. The van der Waals surface area contributed by atoms with E-state index < -0.39 is 5.97 Å². The molecule has 3 rings (SSSR count). The summed E-state index contributed by atoms with van der Waals surface area (Å²) in [6.07, 6.45) is 2.67. The first kappa shape index (κ1) is 14.5. The second-order valence-electron chi connectivity index (χ2n) is 5.04. The number of nitrogens with zero attached hydrogens (tertiary/aromatic N) is 2. The molecular weight excluding hydrogens is 302 g/mol. The lowest BCUT2D eigenvalue weighted by Crippen LogP contribution is -2.22. The quantitative estimate of drug-likeness (QED) is 0.829. The molecule has 114 valence electrons. The predicted octanol–water partition coefficient (Wildman–Crippen LogP) is 2.75. The van der Waals surface area contributed by atoms with E-state index in [-0.39, 0.29) is 11.6 Å². The molecule has 0 aliphatic carbocycles. The molecule has 0 spiro atoms. The highest BCUT2D eigenvalue weighted by Gasteiger charge is 2.28. The van der Waals surface area contributed by atoms with Crippen LogP contribution < -0.4 is 10.2 Å². The Morgan fingerprint density at radius 3 is 2.86 bits per heavy atom. The van der Waals surface area contributed by atoms with Gasteiger partial charge in [0.2, 0.25) is 6.41 Å². The molecule has 1 saturated heterocycles. The van der Waals surface area contributed by atoms with Gasteiger partial charge in [-0.3, -0.25) is 4.79 Å². The van der Waals surface area contributed by atoms with Gasteiger partial charge < -0.3 is 15.3 Å². The van der Waals surface area contributed by atoms with E-state index in [0.717, 1.165) is 30.8 Å². The Morgan fingerprint density at radius 1 is 1.41 bits per heavy atom. The number of hydrogen-bond donors (Lipinski definition) is 2. The lowest BCUT2D eigenvalue weighted by Gasteiger charge is -2.25. The number of carbonyl (C=O) groups excluding carboxylic acids is 1. The number of anilines is 2. The number of aromatic nitrogens is 1. The molecule has 0 bridgehead atoms. The van der Waals surface area contributed by atoms with Gasteiger partial charge in [0.15, 0.2) is 5.13 Å². The van der Waals surface area contributed by atoms with Gasteiger partial charge in [0.05, 0.1) is 17.3 Å². The third-order valence-electron chi connectivity index (χ3n) is 3.74. The third-order valence-corrected chi connectivity index (χ3v) is 4.54. The predicted molar refractivity (Wildman–Crippen MR) is 84.5 cm³/mol. The van der Waals surface area contributed by atoms with Crippen molar-refractivity contribution in [1.29, 1.82) is 0 Å². The number of thiazole rings is 1. The smallest absolute Gasteiger partial charge is 0.335 e. The van der Waals surface area contributed by atoms with E-state index in [1.54, 1.807) is 12.1 Å². The number of carbonyl (C=O) groups is 2. The van der Waals surface area contributed by atoms with Crippen molar-refractivity contribution in [3.63, 3.8) is 0 Å². The van der Waals surface area contributed by atoms with E-state index in [1.807, 2.05) is 17.5 Å². The lowest BCUT2D eigenvalue weighted by molar-refractivity contribution is -0.105. The number of amides is 1. The van der Waals surface area contributed by atoms with Gasteiger partial charge in [-0.1, -0.05) is 0 Å². The number of carboxylic acids is 1. The van der Waals surface area contributed by atoms with Crippen molar-refractivity contribution in [3.05, 3.63) is 40.9 Å². The van der Waals surface area contributed by atoms with Crippen LogP contribution in [0.5, 0.6) is 0 Å². The Morgan fingerprint density at radius 2 is 2.18 bits per heavy atom. The minimum absolute atomic E-state index is 0.161. The number of nitrogens with one attached hydrogen (secondary N) is 1. The van der Waals surface area contributed by atoms with Crippen LogP contribution in [0.3, 0.4) is 0 Å². The zero-order chi connectivity index (χ0) is 15.5. The van der Waals surface area contributed by atoms with Gasteiger partial charge in [-0.25, -0.2) is 9.78 Å². The molecule has 1 aliphatic heterocycles. The summed E-state index contributed by atoms with van der Waals surface area (Å²) in [6, 6.07) is 7.06. The van der Waals surface area contributed by atoms with E-state index in [4.69, 9.17) is 5.11 Å². The van der Waals surface area contributed by atoms with E-state index >= 15 is 0 Å². The molecule has 0 saturated carbocycles. The van der Waals surface area contributed by atoms with Gasteiger partial charge >= 0.3 is 5.97 Å². The summed E-state index contributed by atoms with van der Waals surface area (Å²) in [5.41, 5.74) is 2.21. The standard InChI is InChI=1S/C15H15N3O3S/c19-9-16-15-17-12(8-22-15)13-2-1-7-18(13)11-5-3-10(4-6-11)14(20)21/h3-6,8-9,13H,1-2,7H2,(H,20,21)(H,16,17,19). The molecule has 1 aliphatic rings. The fourth-order valence-electron chi connectivity index (χ4n) is 2.73. The average molecular weight is 317 g/mol. The highest BCUT2D eigenvalue weighted by atomic mass is 32.1. The van der Waals surface area contributed by atoms with Crippen molar-refractivity contribution < 1.29 is 14.7 Å². The van der Waals surface area contributed by atoms with Crippen LogP contribution in [0, 0.1) is 0 Å². The molecule has 1 atom stereocenters. The second kappa shape index (κ2) is 6.15. The molecule has 1 amide bonds. The summed E-state index contributed by atoms with van der Waals surface area (Å²) in [6.45, 7) is 0.908. The first-order valence-electron chi connectivity index (χ1n) is 6.94. The number of carboxylic acid groups (broad SMARTS) is 1. The summed E-state index contributed by atoms with van der Waals surface area (Å²) in [5, 5.41) is 14.1. The van der Waals surface area contributed by atoms with Gasteiger partial charge in [-0.05, 0) is 37.1 Å². The zero-order valence-electron chi connectivity index (χ0n) is 11.7. The maximum atomic E-state index is 10.9. The molecule has 22 heavy (non-hydrogen) atoms. The van der Waals surface area contributed by atoms with Crippen molar-refractivity contribution in [2.24, 2.45) is 0 Å². The number of hydrogen-bond acceptors (Lipinski definition) is 5. The number of benzene rings is 1. The molecule has 2 N–H and O–H groups in total. The van der Waals surface area contributed by atoms with Crippen molar-refractivity contribution in [1.82, 2.24) is 4.98 Å². The van der Waals surface area contributed by atoms with Crippen LogP contribution in [-0.2, 0) is 4.79 Å². The Balaban J connectivity index is 1.82. The van der Waals surface area contributed by atoms with Crippen molar-refractivity contribution in [2.75, 3.05) is 16.8 Å². The molecule has 2 aromatic rings. The Bertz CT molecular complexity index is 684. The normalized spacial score (nSPS) is 17.5. The molecule has 1 unspecified atom stereocenters. The van der Waals surface area contributed by atoms with Crippen molar-refractivity contribution in [3.8, 4) is 0 Å². The molecule has 2 heterocycles. The summed E-state index contributed by atoms with van der Waals surface area (Å²) < 4.78 is 0. The topological polar surface area (TPSA) is 82.5 Å². The Hall–Kier alpha value is -2.41. The summed E-state index contributed by atoms with van der Waals surface area (Å²) in [4.78, 5) is 28.1. The van der Waals surface area contributed by atoms with E-state index in [2.05, 4.69) is 15.2 Å². The summed E-state index contributed by atoms with van der Waals surface area (Å²) in [5.74, 6) is -0.923. The summed E-state index contributed by atoms with van der Waals surface area (Å²) >= 11 is 1.41. The van der Waals surface area contributed by atoms with Crippen LogP contribution in [-0.4, -0.2) is 29.0 Å². The van der Waals surface area contributed by atoms with Crippen LogP contribution >= 0.6 is 11.3 Å². The molecule has 1 aromatic heterocycles. The lowest BCUT2D eigenvalue weighted by atomic mass is 10.1. The molecule has 1 fully saturated rings. The SMILES string of the molecule is O=CNc1nc(C2CCCN2c2ccc(C(=O)O)cc2)cs1. The monoisotopic (exact) mass is 317 g/mol.